The van der Waals surface area contributed by atoms with Crippen LogP contribution in [0.15, 0.2) is 12.7 Å². The van der Waals surface area contributed by atoms with Crippen LogP contribution in [0.4, 0.5) is 0 Å². The van der Waals surface area contributed by atoms with E-state index in [1.165, 1.54) is 0 Å². The zero-order valence-electron chi connectivity index (χ0n) is 9.69. The fourth-order valence-electron chi connectivity index (χ4n) is 1.25. The van der Waals surface area contributed by atoms with Gasteiger partial charge in [-0.05, 0) is 6.42 Å². The zero-order chi connectivity index (χ0) is 11.7. The molecule has 0 aliphatic heterocycles. The first-order valence-electron chi connectivity index (χ1n) is 5.08. The molecule has 0 aliphatic rings. The number of carbonyl (C=O) groups is 1. The van der Waals surface area contributed by atoms with Crippen LogP contribution in [-0.4, -0.2) is 35.2 Å². The van der Waals surface area contributed by atoms with Gasteiger partial charge < -0.3 is 13.6 Å². The van der Waals surface area contributed by atoms with Crippen molar-refractivity contribution in [3.05, 3.63) is 12.7 Å². The maximum absolute atomic E-state index is 11.1. The molecule has 15 heavy (non-hydrogen) atoms. The highest BCUT2D eigenvalue weighted by Crippen LogP contribution is 2.10. The summed E-state index contributed by atoms with van der Waals surface area (Å²) in [6.45, 7) is 5.45. The summed E-state index contributed by atoms with van der Waals surface area (Å²) in [6, 6.07) is 0. The predicted octanol–water partition coefficient (Wildman–Crippen LogP) is 1.33. The highest BCUT2D eigenvalue weighted by Gasteiger charge is 2.27. The van der Waals surface area contributed by atoms with Crippen molar-refractivity contribution in [2.75, 3.05) is 14.2 Å². The van der Waals surface area contributed by atoms with E-state index in [4.69, 9.17) is 13.6 Å². The van der Waals surface area contributed by atoms with Crippen molar-refractivity contribution in [3.8, 4) is 0 Å². The third kappa shape index (κ3) is 5.71. The number of rotatable bonds is 8. The fraction of sp³-hybridized carbons (Fsp3) is 0.700. The summed E-state index contributed by atoms with van der Waals surface area (Å²) in [5.41, 5.74) is -0.231. The third-order valence-corrected chi connectivity index (χ3v) is 4.05. The number of hydrogen-bond donors (Lipinski definition) is 0. The highest BCUT2D eigenvalue weighted by molar-refractivity contribution is 6.46. The lowest BCUT2D eigenvalue weighted by Crippen LogP contribution is -2.38. The van der Waals surface area contributed by atoms with E-state index in [9.17, 15) is 4.79 Å². The first-order chi connectivity index (χ1) is 7.19. The molecule has 0 radical (unpaired) electrons. The van der Waals surface area contributed by atoms with Crippen molar-refractivity contribution in [1.82, 2.24) is 0 Å². The Morgan fingerprint density at radius 2 is 2.07 bits per heavy atom. The smallest absolute Gasteiger partial charge is 0.363 e. The second-order valence-corrected chi connectivity index (χ2v) is 5.58. The van der Waals surface area contributed by atoms with Crippen molar-refractivity contribution in [1.29, 1.82) is 0 Å². The van der Waals surface area contributed by atoms with Crippen LogP contribution < -0.4 is 0 Å². The molecule has 1 atom stereocenters. The Labute approximate surface area is 93.1 Å². The summed E-state index contributed by atoms with van der Waals surface area (Å²) in [6.07, 6.45) is 3.99. The fourth-order valence-corrected chi connectivity index (χ4v) is 2.81. The van der Waals surface area contributed by atoms with E-state index in [2.05, 4.69) is 13.5 Å². The Morgan fingerprint density at radius 1 is 1.47 bits per heavy atom. The van der Waals surface area contributed by atoms with Gasteiger partial charge in [0.25, 0.3) is 0 Å². The SMILES string of the molecule is C=CC(=O)OC(CCCC)[SiH](OC)OC. The second-order valence-electron chi connectivity index (χ2n) is 3.16. The summed E-state index contributed by atoms with van der Waals surface area (Å²) >= 11 is 0. The molecule has 0 fully saturated rings. The normalized spacial score (nSPS) is 12.5. The van der Waals surface area contributed by atoms with Gasteiger partial charge in [-0.2, -0.15) is 0 Å². The lowest BCUT2D eigenvalue weighted by Gasteiger charge is -2.22. The van der Waals surface area contributed by atoms with Crippen molar-refractivity contribution in [3.63, 3.8) is 0 Å². The minimum absolute atomic E-state index is 0.231. The summed E-state index contributed by atoms with van der Waals surface area (Å²) in [7, 11) is 1.27. The van der Waals surface area contributed by atoms with E-state index >= 15 is 0 Å². The molecule has 88 valence electrons. The molecule has 0 saturated heterocycles. The molecular formula is C10H20O4Si. The van der Waals surface area contributed by atoms with Gasteiger partial charge in [-0.25, -0.2) is 4.79 Å². The van der Waals surface area contributed by atoms with Gasteiger partial charge in [0, 0.05) is 20.3 Å². The summed E-state index contributed by atoms with van der Waals surface area (Å²) in [5.74, 6) is -0.414. The third-order valence-electron chi connectivity index (χ3n) is 2.04. The predicted molar refractivity (Wildman–Crippen MR) is 60.8 cm³/mol. The van der Waals surface area contributed by atoms with Crippen LogP contribution in [0.3, 0.4) is 0 Å². The van der Waals surface area contributed by atoms with E-state index in [0.717, 1.165) is 25.3 Å². The molecule has 0 spiro atoms. The summed E-state index contributed by atoms with van der Waals surface area (Å²) in [4.78, 5) is 11.1. The Bertz CT molecular complexity index is 192. The first-order valence-corrected chi connectivity index (χ1v) is 6.69. The zero-order valence-corrected chi connectivity index (χ0v) is 10.8. The average molecular weight is 232 g/mol. The van der Waals surface area contributed by atoms with Gasteiger partial charge in [-0.15, -0.1) is 0 Å². The van der Waals surface area contributed by atoms with Gasteiger partial charge in [-0.3, -0.25) is 0 Å². The maximum atomic E-state index is 11.1. The highest BCUT2D eigenvalue weighted by atomic mass is 28.3. The molecule has 0 amide bonds. The van der Waals surface area contributed by atoms with Gasteiger partial charge in [-0.1, -0.05) is 26.3 Å². The van der Waals surface area contributed by atoms with Gasteiger partial charge in [0.15, 0.2) is 0 Å². The molecule has 0 rings (SSSR count). The molecule has 0 aromatic rings. The molecule has 0 aromatic heterocycles. The number of ether oxygens (including phenoxy) is 1. The number of carbonyl (C=O) groups excluding carboxylic acids is 1. The van der Waals surface area contributed by atoms with Gasteiger partial charge in [0.2, 0.25) is 0 Å². The lowest BCUT2D eigenvalue weighted by atomic mass is 10.3. The molecule has 4 nitrogen and oxygen atoms in total. The van der Waals surface area contributed by atoms with Crippen LogP contribution in [0.1, 0.15) is 26.2 Å². The van der Waals surface area contributed by atoms with Crippen LogP contribution in [-0.2, 0) is 18.4 Å². The molecule has 0 heterocycles. The van der Waals surface area contributed by atoms with Crippen molar-refractivity contribution in [2.24, 2.45) is 0 Å². The Morgan fingerprint density at radius 3 is 2.47 bits per heavy atom. The first kappa shape index (κ1) is 14.3. The van der Waals surface area contributed by atoms with Crippen LogP contribution in [0.5, 0.6) is 0 Å². The Kier molecular flexibility index (Phi) is 8.26. The second kappa shape index (κ2) is 8.64. The van der Waals surface area contributed by atoms with E-state index in [1.54, 1.807) is 14.2 Å². The van der Waals surface area contributed by atoms with Crippen LogP contribution in [0.2, 0.25) is 0 Å². The standard InChI is InChI=1S/C10H20O4Si/c1-5-7-8-10(14-9(11)6-2)15(12-3)13-4/h6,10,15H,2,5,7-8H2,1,3-4H3. The number of esters is 1. The minimum Gasteiger partial charge on any atom is -0.458 e. The maximum Gasteiger partial charge on any atom is 0.363 e. The van der Waals surface area contributed by atoms with E-state index in [-0.39, 0.29) is 5.73 Å². The molecule has 1 unspecified atom stereocenters. The minimum atomic E-state index is -1.90. The van der Waals surface area contributed by atoms with Crippen LogP contribution in [0.25, 0.3) is 0 Å². The monoisotopic (exact) mass is 232 g/mol. The quantitative estimate of drug-likeness (QED) is 0.360. The van der Waals surface area contributed by atoms with Gasteiger partial charge in [0.05, 0.1) is 0 Å². The number of unbranched alkanes of at least 4 members (excludes halogenated alkanes) is 1. The van der Waals surface area contributed by atoms with E-state index < -0.39 is 15.3 Å². The summed E-state index contributed by atoms with van der Waals surface area (Å²) < 4.78 is 15.6. The Balaban J connectivity index is 4.26. The topological polar surface area (TPSA) is 44.8 Å². The molecule has 0 aliphatic carbocycles. The van der Waals surface area contributed by atoms with Crippen molar-refractivity contribution < 1.29 is 18.4 Å². The molecule has 0 aromatic carbocycles. The van der Waals surface area contributed by atoms with Gasteiger partial charge >= 0.3 is 15.3 Å². The lowest BCUT2D eigenvalue weighted by molar-refractivity contribution is -0.141. The number of hydrogen-bond acceptors (Lipinski definition) is 4. The average Bonchev–Trinajstić information content (AvgIpc) is 2.26. The molecule has 0 saturated carbocycles. The summed E-state index contributed by atoms with van der Waals surface area (Å²) in [5, 5.41) is 0. The van der Waals surface area contributed by atoms with Crippen LogP contribution >= 0.6 is 0 Å². The molecule has 0 N–H and O–H groups in total. The van der Waals surface area contributed by atoms with Gasteiger partial charge in [0.1, 0.15) is 5.73 Å². The molecule has 5 heteroatoms. The largest absolute Gasteiger partial charge is 0.458 e. The van der Waals surface area contributed by atoms with Crippen molar-refractivity contribution in [2.45, 2.75) is 31.9 Å². The Hall–Kier alpha value is -0.653. The van der Waals surface area contributed by atoms with Crippen LogP contribution in [0, 0.1) is 0 Å². The van der Waals surface area contributed by atoms with E-state index in [0.29, 0.717) is 0 Å². The van der Waals surface area contributed by atoms with E-state index in [1.807, 2.05) is 0 Å². The van der Waals surface area contributed by atoms with Crippen molar-refractivity contribution >= 4 is 15.3 Å². The molecular weight excluding hydrogens is 212 g/mol. The molecule has 0 bridgehead atoms.